The molecule has 1 fully saturated rings. The third-order valence-electron chi connectivity index (χ3n) is 5.38. The van der Waals surface area contributed by atoms with Gasteiger partial charge in [0, 0.05) is 43.0 Å². The Kier molecular flexibility index (Phi) is 7.61. The summed E-state index contributed by atoms with van der Waals surface area (Å²) in [5, 5.41) is 5.88. The van der Waals surface area contributed by atoms with Crippen LogP contribution in [0, 0.1) is 11.6 Å². The first kappa shape index (κ1) is 23.5. The van der Waals surface area contributed by atoms with E-state index in [0.717, 1.165) is 45.1 Å². The van der Waals surface area contributed by atoms with Crippen LogP contribution < -0.4 is 15.4 Å². The van der Waals surface area contributed by atoms with Gasteiger partial charge in [-0.25, -0.2) is 18.7 Å². The van der Waals surface area contributed by atoms with Gasteiger partial charge in [0.15, 0.2) is 5.82 Å². The summed E-state index contributed by atoms with van der Waals surface area (Å²) in [7, 11) is 1.41. The predicted octanol–water partition coefficient (Wildman–Crippen LogP) is 3.24. The smallest absolute Gasteiger partial charge is 0.251 e. The number of rotatable bonds is 8. The molecule has 0 saturated carbocycles. The van der Waals surface area contributed by atoms with Crippen molar-refractivity contribution in [1.82, 2.24) is 20.2 Å². The number of nitrogens with zero attached hydrogens (tertiary/aromatic N) is 3. The molecule has 0 spiro atoms. The second kappa shape index (κ2) is 11.0. The zero-order valence-electron chi connectivity index (χ0n) is 18.7. The maximum Gasteiger partial charge on any atom is 0.251 e. The molecule has 34 heavy (non-hydrogen) atoms. The van der Waals surface area contributed by atoms with E-state index in [2.05, 4.69) is 25.5 Å². The Morgan fingerprint density at radius 3 is 2.65 bits per heavy atom. The molecule has 0 radical (unpaired) electrons. The second-order valence-electron chi connectivity index (χ2n) is 7.65. The molecule has 0 unspecified atom stereocenters. The van der Waals surface area contributed by atoms with Crippen molar-refractivity contribution in [2.24, 2.45) is 0 Å². The summed E-state index contributed by atoms with van der Waals surface area (Å²) in [6, 6.07) is 10.5. The number of morpholine rings is 1. The summed E-state index contributed by atoms with van der Waals surface area (Å²) in [5.74, 6) is -1.02. The molecule has 0 bridgehead atoms. The van der Waals surface area contributed by atoms with Crippen molar-refractivity contribution in [3.05, 3.63) is 65.9 Å². The first-order chi connectivity index (χ1) is 16.5. The Morgan fingerprint density at radius 1 is 1.15 bits per heavy atom. The lowest BCUT2D eigenvalue weighted by atomic mass is 10.1. The molecular formula is C24H25F2N5O3. The van der Waals surface area contributed by atoms with Gasteiger partial charge < -0.3 is 20.1 Å². The molecule has 8 nitrogen and oxygen atoms in total. The maximum absolute atomic E-state index is 14.4. The molecular weight excluding hydrogens is 444 g/mol. The van der Waals surface area contributed by atoms with Crippen LogP contribution in [0.3, 0.4) is 0 Å². The third-order valence-corrected chi connectivity index (χ3v) is 5.38. The Morgan fingerprint density at radius 2 is 1.91 bits per heavy atom. The van der Waals surface area contributed by atoms with Gasteiger partial charge in [0.05, 0.1) is 26.5 Å². The quantitative estimate of drug-likeness (QED) is 0.524. The molecule has 1 aliphatic heterocycles. The Balaban J connectivity index is 1.40. The highest BCUT2D eigenvalue weighted by Crippen LogP contribution is 2.31. The molecule has 4 rings (SSSR count). The third kappa shape index (κ3) is 5.83. The van der Waals surface area contributed by atoms with E-state index in [1.807, 2.05) is 0 Å². The number of hydrogen-bond donors (Lipinski definition) is 2. The molecule has 0 atom stereocenters. The minimum atomic E-state index is -0.710. The molecule has 1 aromatic heterocycles. The van der Waals surface area contributed by atoms with Gasteiger partial charge in [0.2, 0.25) is 5.95 Å². The molecule has 178 valence electrons. The molecule has 1 amide bonds. The largest absolute Gasteiger partial charge is 0.496 e. The summed E-state index contributed by atoms with van der Waals surface area (Å²) in [6.45, 7) is 4.50. The Hall–Kier alpha value is -3.63. The Labute approximate surface area is 195 Å². The van der Waals surface area contributed by atoms with Crippen LogP contribution >= 0.6 is 0 Å². The lowest BCUT2D eigenvalue weighted by Gasteiger charge is -2.26. The van der Waals surface area contributed by atoms with E-state index in [1.165, 1.54) is 19.2 Å². The highest BCUT2D eigenvalue weighted by atomic mass is 19.1. The van der Waals surface area contributed by atoms with Crippen molar-refractivity contribution in [3.8, 4) is 17.0 Å². The van der Waals surface area contributed by atoms with Crippen LogP contribution in [0.25, 0.3) is 11.3 Å². The van der Waals surface area contributed by atoms with Gasteiger partial charge in [-0.15, -0.1) is 0 Å². The van der Waals surface area contributed by atoms with E-state index >= 15 is 0 Å². The number of methoxy groups -OCH3 is 1. The highest BCUT2D eigenvalue weighted by molar-refractivity contribution is 5.94. The van der Waals surface area contributed by atoms with E-state index in [-0.39, 0.29) is 28.9 Å². The van der Waals surface area contributed by atoms with Gasteiger partial charge in [0.25, 0.3) is 5.91 Å². The minimum absolute atomic E-state index is 0.0925. The van der Waals surface area contributed by atoms with Crippen molar-refractivity contribution in [2.75, 3.05) is 51.8 Å². The molecule has 3 aromatic rings. The number of nitrogens with one attached hydrogen (secondary N) is 2. The predicted molar refractivity (Wildman–Crippen MR) is 123 cm³/mol. The van der Waals surface area contributed by atoms with Gasteiger partial charge in [-0.1, -0.05) is 0 Å². The lowest BCUT2D eigenvalue weighted by Crippen LogP contribution is -2.41. The fraction of sp³-hybridized carbons (Fsp3) is 0.292. The average Bonchev–Trinajstić information content (AvgIpc) is 2.86. The van der Waals surface area contributed by atoms with E-state index in [9.17, 15) is 13.6 Å². The first-order valence-electron chi connectivity index (χ1n) is 10.9. The number of amides is 1. The van der Waals surface area contributed by atoms with Crippen LogP contribution in [0.1, 0.15) is 10.4 Å². The summed E-state index contributed by atoms with van der Waals surface area (Å²) in [6.07, 6.45) is 1.01. The number of carbonyl (C=O) groups is 1. The van der Waals surface area contributed by atoms with Gasteiger partial charge in [0.1, 0.15) is 17.3 Å². The number of aromatic nitrogens is 2. The zero-order valence-corrected chi connectivity index (χ0v) is 18.7. The van der Waals surface area contributed by atoms with Crippen LogP contribution in [0.15, 0.2) is 48.7 Å². The van der Waals surface area contributed by atoms with Gasteiger partial charge in [-0.3, -0.25) is 9.69 Å². The van der Waals surface area contributed by atoms with Gasteiger partial charge in [-0.2, -0.15) is 0 Å². The second-order valence-corrected chi connectivity index (χ2v) is 7.65. The summed E-state index contributed by atoms with van der Waals surface area (Å²) >= 11 is 0. The van der Waals surface area contributed by atoms with Crippen LogP contribution in [-0.4, -0.2) is 67.3 Å². The standard InChI is InChI=1S/C24H25F2N5O3/c1-33-21-7-4-17(25)14-19(21)22-20(26)15-28-24(30-22)29-18-5-2-16(3-6-18)23(32)27-8-9-31-10-12-34-13-11-31/h2-7,14-15H,8-13H2,1H3,(H,27,32)(H,28,29,30). The van der Waals surface area contributed by atoms with Gasteiger partial charge >= 0.3 is 0 Å². The van der Waals surface area contributed by atoms with Crippen molar-refractivity contribution in [1.29, 1.82) is 0 Å². The number of ether oxygens (including phenoxy) is 2. The molecule has 2 heterocycles. The fourth-order valence-corrected chi connectivity index (χ4v) is 3.57. The zero-order chi connectivity index (χ0) is 23.9. The van der Waals surface area contributed by atoms with Crippen LogP contribution in [-0.2, 0) is 4.74 Å². The van der Waals surface area contributed by atoms with Crippen molar-refractivity contribution in [3.63, 3.8) is 0 Å². The number of hydrogen-bond acceptors (Lipinski definition) is 7. The van der Waals surface area contributed by atoms with E-state index in [4.69, 9.17) is 9.47 Å². The number of anilines is 2. The van der Waals surface area contributed by atoms with E-state index < -0.39 is 11.6 Å². The van der Waals surface area contributed by atoms with Crippen LogP contribution in [0.5, 0.6) is 5.75 Å². The summed E-state index contributed by atoms with van der Waals surface area (Å²) < 4.78 is 38.7. The number of halogens is 2. The maximum atomic E-state index is 14.4. The SMILES string of the molecule is COc1ccc(F)cc1-c1nc(Nc2ccc(C(=O)NCCN3CCOCC3)cc2)ncc1F. The molecule has 1 aliphatic rings. The minimum Gasteiger partial charge on any atom is -0.496 e. The van der Waals surface area contributed by atoms with Gasteiger partial charge in [-0.05, 0) is 42.5 Å². The fourth-order valence-electron chi connectivity index (χ4n) is 3.57. The first-order valence-corrected chi connectivity index (χ1v) is 10.9. The Bertz CT molecular complexity index is 1140. The number of carbonyl (C=O) groups excluding carboxylic acids is 1. The lowest BCUT2D eigenvalue weighted by molar-refractivity contribution is 0.0383. The van der Waals surface area contributed by atoms with Crippen molar-refractivity contribution < 1.29 is 23.0 Å². The van der Waals surface area contributed by atoms with E-state index in [1.54, 1.807) is 24.3 Å². The molecule has 2 aromatic carbocycles. The van der Waals surface area contributed by atoms with E-state index in [0.29, 0.717) is 17.8 Å². The summed E-state index contributed by atoms with van der Waals surface area (Å²) in [4.78, 5) is 22.8. The number of benzene rings is 2. The highest BCUT2D eigenvalue weighted by Gasteiger charge is 2.16. The van der Waals surface area contributed by atoms with Crippen molar-refractivity contribution in [2.45, 2.75) is 0 Å². The summed E-state index contributed by atoms with van der Waals surface area (Å²) in [5.41, 5.74) is 1.20. The average molecular weight is 469 g/mol. The normalized spacial score (nSPS) is 14.0. The van der Waals surface area contributed by atoms with Crippen LogP contribution in [0.2, 0.25) is 0 Å². The monoisotopic (exact) mass is 469 g/mol. The topological polar surface area (TPSA) is 88.6 Å². The molecule has 10 heteroatoms. The van der Waals surface area contributed by atoms with Crippen molar-refractivity contribution >= 4 is 17.5 Å². The molecule has 0 aliphatic carbocycles. The molecule has 2 N–H and O–H groups in total. The van der Waals surface area contributed by atoms with Crippen LogP contribution in [0.4, 0.5) is 20.4 Å². The molecule has 1 saturated heterocycles.